The number of amides is 1. The lowest BCUT2D eigenvalue weighted by Gasteiger charge is -2.28. The molecule has 1 amide bonds. The van der Waals surface area contributed by atoms with Gasteiger partial charge in [-0.05, 0) is 56.4 Å². The van der Waals surface area contributed by atoms with Gasteiger partial charge in [-0.25, -0.2) is 4.68 Å². The molecule has 4 rings (SSSR count). The third-order valence-corrected chi connectivity index (χ3v) is 6.65. The highest BCUT2D eigenvalue weighted by atomic mass is 35.5. The first-order valence-corrected chi connectivity index (χ1v) is 9.98. The van der Waals surface area contributed by atoms with Crippen LogP contribution in [0.5, 0.6) is 0 Å². The van der Waals surface area contributed by atoms with Crippen LogP contribution in [0.15, 0.2) is 30.3 Å². The topological polar surface area (TPSA) is 46.9 Å². The number of rotatable bonds is 5. The highest BCUT2D eigenvalue weighted by Crippen LogP contribution is 2.49. The van der Waals surface area contributed by atoms with Gasteiger partial charge in [-0.3, -0.25) is 4.79 Å². The van der Waals surface area contributed by atoms with Crippen molar-refractivity contribution in [1.29, 1.82) is 0 Å². The van der Waals surface area contributed by atoms with Crippen LogP contribution in [-0.2, 0) is 6.54 Å². The highest BCUT2D eigenvalue weighted by molar-refractivity contribution is 6.33. The molecule has 0 aliphatic heterocycles. The van der Waals surface area contributed by atoms with Gasteiger partial charge in [-0.2, -0.15) is 5.10 Å². The first kappa shape index (κ1) is 17.6. The van der Waals surface area contributed by atoms with Gasteiger partial charge in [-0.15, -0.1) is 0 Å². The molecule has 2 bridgehead atoms. The van der Waals surface area contributed by atoms with Gasteiger partial charge in [-0.1, -0.05) is 48.4 Å². The maximum atomic E-state index is 12.9. The van der Waals surface area contributed by atoms with Crippen LogP contribution in [0.3, 0.4) is 0 Å². The van der Waals surface area contributed by atoms with Gasteiger partial charge < -0.3 is 5.32 Å². The van der Waals surface area contributed by atoms with E-state index in [4.69, 9.17) is 11.6 Å². The summed E-state index contributed by atoms with van der Waals surface area (Å²) in [6, 6.07) is 10.2. The van der Waals surface area contributed by atoms with Gasteiger partial charge in [0.15, 0.2) is 0 Å². The van der Waals surface area contributed by atoms with E-state index in [9.17, 15) is 4.79 Å². The first-order valence-electron chi connectivity index (χ1n) is 9.60. The number of nitrogens with zero attached hydrogens (tertiary/aromatic N) is 2. The average Bonchev–Trinajstić information content (AvgIpc) is 3.31. The quantitative estimate of drug-likeness (QED) is 0.844. The molecule has 1 aromatic carbocycles. The molecular formula is C21H26ClN3O. The molecule has 2 aliphatic rings. The molecule has 4 nitrogen and oxygen atoms in total. The number of hydrogen-bond donors (Lipinski definition) is 1. The molecule has 2 aliphatic carbocycles. The number of carbonyl (C=O) groups excluding carboxylic acids is 1. The van der Waals surface area contributed by atoms with E-state index in [0.717, 1.165) is 17.4 Å². The molecule has 1 heterocycles. The Morgan fingerprint density at radius 1 is 1.31 bits per heavy atom. The van der Waals surface area contributed by atoms with E-state index in [2.05, 4.69) is 17.3 Å². The van der Waals surface area contributed by atoms with Crippen LogP contribution in [0.1, 0.15) is 54.2 Å². The second kappa shape index (κ2) is 7.07. The fourth-order valence-corrected chi connectivity index (χ4v) is 5.28. The summed E-state index contributed by atoms with van der Waals surface area (Å²) in [5.74, 6) is 2.18. The number of aromatic nitrogens is 2. The van der Waals surface area contributed by atoms with E-state index < -0.39 is 0 Å². The Labute approximate surface area is 159 Å². The van der Waals surface area contributed by atoms with E-state index in [1.54, 1.807) is 4.68 Å². The third-order valence-electron chi connectivity index (χ3n) is 6.26. The van der Waals surface area contributed by atoms with Crippen LogP contribution in [0.25, 0.3) is 0 Å². The number of fused-ring (bicyclic) bond motifs is 2. The molecule has 2 saturated carbocycles. The van der Waals surface area contributed by atoms with Crippen LogP contribution >= 0.6 is 11.6 Å². The lowest BCUT2D eigenvalue weighted by Crippen LogP contribution is -2.40. The lowest BCUT2D eigenvalue weighted by molar-refractivity contribution is 0.0915. The zero-order chi connectivity index (χ0) is 18.3. The van der Waals surface area contributed by atoms with E-state index >= 15 is 0 Å². The number of hydrogen-bond acceptors (Lipinski definition) is 2. The van der Waals surface area contributed by atoms with Gasteiger partial charge in [0.05, 0.1) is 17.8 Å². The van der Waals surface area contributed by atoms with Crippen LogP contribution < -0.4 is 5.32 Å². The monoisotopic (exact) mass is 371 g/mol. The van der Waals surface area contributed by atoms with Gasteiger partial charge in [0.1, 0.15) is 5.15 Å². The van der Waals surface area contributed by atoms with Crippen molar-refractivity contribution in [3.05, 3.63) is 52.3 Å². The molecule has 26 heavy (non-hydrogen) atoms. The summed E-state index contributed by atoms with van der Waals surface area (Å²) in [4.78, 5) is 12.9. The number of nitrogens with one attached hydrogen (secondary N) is 1. The van der Waals surface area contributed by atoms with Crippen molar-refractivity contribution in [2.45, 2.75) is 52.1 Å². The van der Waals surface area contributed by atoms with Crippen molar-refractivity contribution in [2.24, 2.45) is 17.8 Å². The molecule has 4 atom stereocenters. The van der Waals surface area contributed by atoms with E-state index in [1.807, 2.05) is 37.3 Å². The van der Waals surface area contributed by atoms with Crippen LogP contribution in [-0.4, -0.2) is 21.7 Å². The number of halogens is 1. The van der Waals surface area contributed by atoms with Crippen molar-refractivity contribution in [2.75, 3.05) is 0 Å². The Bertz CT molecular complexity index is 801. The Balaban J connectivity index is 1.47. The zero-order valence-electron chi connectivity index (χ0n) is 15.4. The van der Waals surface area contributed by atoms with E-state index in [-0.39, 0.29) is 11.9 Å². The second-order valence-electron chi connectivity index (χ2n) is 8.00. The average molecular weight is 372 g/mol. The summed E-state index contributed by atoms with van der Waals surface area (Å²) in [7, 11) is 0. The number of benzene rings is 1. The summed E-state index contributed by atoms with van der Waals surface area (Å²) in [6.45, 7) is 4.56. The standard InChI is InChI=1S/C21H26ClN3O/c1-13(18-11-16-8-9-17(18)10-16)23-21(26)19-14(2)24-25(20(19)22)12-15-6-4-3-5-7-15/h3-7,13,16-18H,8-12H2,1-2H3,(H,23,26). The molecular weight excluding hydrogens is 346 g/mol. The van der Waals surface area contributed by atoms with Gasteiger partial charge in [0.25, 0.3) is 5.91 Å². The lowest BCUT2D eigenvalue weighted by atomic mass is 9.84. The smallest absolute Gasteiger partial charge is 0.256 e. The first-order chi connectivity index (χ1) is 12.5. The minimum Gasteiger partial charge on any atom is -0.349 e. The summed E-state index contributed by atoms with van der Waals surface area (Å²) in [5.41, 5.74) is 2.31. The largest absolute Gasteiger partial charge is 0.349 e. The third kappa shape index (κ3) is 3.27. The van der Waals surface area contributed by atoms with Crippen molar-refractivity contribution in [1.82, 2.24) is 15.1 Å². The molecule has 0 spiro atoms. The normalized spacial score (nSPS) is 25.4. The zero-order valence-corrected chi connectivity index (χ0v) is 16.2. The minimum atomic E-state index is -0.0953. The molecule has 5 heteroatoms. The van der Waals surface area contributed by atoms with E-state index in [1.165, 1.54) is 25.7 Å². The van der Waals surface area contributed by atoms with Gasteiger partial charge in [0.2, 0.25) is 0 Å². The Hall–Kier alpha value is -1.81. The van der Waals surface area contributed by atoms with Crippen LogP contribution in [0, 0.1) is 24.7 Å². The maximum absolute atomic E-state index is 12.9. The molecule has 138 valence electrons. The number of aryl methyl sites for hydroxylation is 1. The fourth-order valence-electron chi connectivity index (χ4n) is 4.96. The van der Waals surface area contributed by atoms with Crippen LogP contribution in [0.4, 0.5) is 0 Å². The molecule has 4 unspecified atom stereocenters. The number of carbonyl (C=O) groups is 1. The van der Waals surface area contributed by atoms with Crippen molar-refractivity contribution < 1.29 is 4.79 Å². The van der Waals surface area contributed by atoms with Gasteiger partial charge in [0, 0.05) is 6.04 Å². The summed E-state index contributed by atoms with van der Waals surface area (Å²) < 4.78 is 1.71. The van der Waals surface area contributed by atoms with Gasteiger partial charge >= 0.3 is 0 Å². The van der Waals surface area contributed by atoms with Crippen molar-refractivity contribution in [3.8, 4) is 0 Å². The van der Waals surface area contributed by atoms with Crippen molar-refractivity contribution >= 4 is 17.5 Å². The molecule has 0 saturated heterocycles. The SMILES string of the molecule is Cc1nn(Cc2ccccc2)c(Cl)c1C(=O)NC(C)C1CC2CCC1C2. The molecule has 1 aromatic heterocycles. The summed E-state index contributed by atoms with van der Waals surface area (Å²) in [5, 5.41) is 8.12. The Morgan fingerprint density at radius 3 is 2.73 bits per heavy atom. The summed E-state index contributed by atoms with van der Waals surface area (Å²) in [6.07, 6.45) is 5.30. The predicted octanol–water partition coefficient (Wildman–Crippen LogP) is 4.45. The highest BCUT2D eigenvalue weighted by Gasteiger charge is 2.42. The second-order valence-corrected chi connectivity index (χ2v) is 8.35. The minimum absolute atomic E-state index is 0.0953. The Morgan fingerprint density at radius 2 is 2.08 bits per heavy atom. The molecule has 2 aromatic rings. The fraction of sp³-hybridized carbons (Fsp3) is 0.524. The molecule has 0 radical (unpaired) electrons. The van der Waals surface area contributed by atoms with E-state index in [0.29, 0.717) is 28.9 Å². The summed E-state index contributed by atoms with van der Waals surface area (Å²) >= 11 is 6.52. The predicted molar refractivity (Wildman–Crippen MR) is 103 cm³/mol. The molecule has 1 N–H and O–H groups in total. The Kier molecular flexibility index (Phi) is 4.78. The van der Waals surface area contributed by atoms with Crippen molar-refractivity contribution in [3.63, 3.8) is 0 Å². The maximum Gasteiger partial charge on any atom is 0.256 e. The molecule has 2 fully saturated rings. The van der Waals surface area contributed by atoms with Crippen LogP contribution in [0.2, 0.25) is 5.15 Å².